The monoisotopic (exact) mass is 273 g/mol. The first-order valence-electron chi connectivity index (χ1n) is 6.19. The molecule has 3 heteroatoms. The average Bonchev–Trinajstić information content (AvgIpc) is 2.85. The van der Waals surface area contributed by atoms with Gasteiger partial charge in [0, 0.05) is 17.3 Å². The van der Waals surface area contributed by atoms with Gasteiger partial charge in [0.05, 0.1) is 0 Å². The van der Waals surface area contributed by atoms with E-state index >= 15 is 0 Å². The molecule has 0 heterocycles. The normalized spacial score (nSPS) is 32.1. The molecule has 2 saturated carbocycles. The van der Waals surface area contributed by atoms with Crippen LogP contribution in [0.3, 0.4) is 0 Å². The van der Waals surface area contributed by atoms with Gasteiger partial charge in [-0.15, -0.1) is 0 Å². The second kappa shape index (κ2) is 5.33. The predicted molar refractivity (Wildman–Crippen MR) is 65.0 cm³/mol. The number of carbonyl (C=O) groups excluding carboxylic acids is 1. The zero-order valence-corrected chi connectivity index (χ0v) is 10.8. The molecule has 2 unspecified atom stereocenters. The van der Waals surface area contributed by atoms with Gasteiger partial charge in [-0.2, -0.15) is 0 Å². The summed E-state index contributed by atoms with van der Waals surface area (Å²) in [4.78, 5) is 12.4. The van der Waals surface area contributed by atoms with E-state index in [1.807, 2.05) is 0 Å². The van der Waals surface area contributed by atoms with Crippen LogP contribution in [0.25, 0.3) is 0 Å². The maximum Gasteiger partial charge on any atom is 0.223 e. The molecule has 0 aliphatic heterocycles. The second-order valence-corrected chi connectivity index (χ2v) is 6.11. The summed E-state index contributed by atoms with van der Waals surface area (Å²) in [5.74, 6) is 1.29. The summed E-state index contributed by atoms with van der Waals surface area (Å²) < 4.78 is 0. The van der Waals surface area contributed by atoms with Gasteiger partial charge in [-0.05, 0) is 31.6 Å². The highest BCUT2D eigenvalue weighted by molar-refractivity contribution is 9.09. The van der Waals surface area contributed by atoms with Crippen LogP contribution in [0.15, 0.2) is 0 Å². The molecule has 15 heavy (non-hydrogen) atoms. The average molecular weight is 274 g/mol. The predicted octanol–water partition coefficient (Wildman–Crippen LogP) is 2.86. The molecule has 86 valence electrons. The Balaban J connectivity index is 1.70. The summed E-state index contributed by atoms with van der Waals surface area (Å²) in [6.45, 7) is 0.880. The minimum atomic E-state index is 0.305. The van der Waals surface area contributed by atoms with E-state index in [0.717, 1.165) is 19.4 Å². The molecule has 1 amide bonds. The molecule has 0 radical (unpaired) electrons. The van der Waals surface area contributed by atoms with Crippen molar-refractivity contribution in [2.45, 2.75) is 49.8 Å². The maximum absolute atomic E-state index is 11.8. The topological polar surface area (TPSA) is 29.1 Å². The van der Waals surface area contributed by atoms with Crippen LogP contribution in [-0.4, -0.2) is 17.3 Å². The first-order valence-corrected chi connectivity index (χ1v) is 7.10. The van der Waals surface area contributed by atoms with Crippen molar-refractivity contribution in [1.29, 1.82) is 0 Å². The van der Waals surface area contributed by atoms with E-state index in [4.69, 9.17) is 0 Å². The van der Waals surface area contributed by atoms with E-state index < -0.39 is 0 Å². The Bertz CT molecular complexity index is 226. The molecule has 2 fully saturated rings. The standard InChI is InChI=1S/C12H20BrNO/c13-11-7-3-6-10(11)8-14-12(15)9-4-1-2-5-9/h9-11H,1-8H2,(H,14,15). The van der Waals surface area contributed by atoms with Crippen molar-refractivity contribution in [3.05, 3.63) is 0 Å². The van der Waals surface area contributed by atoms with Gasteiger partial charge < -0.3 is 5.32 Å². The van der Waals surface area contributed by atoms with Gasteiger partial charge in [0.15, 0.2) is 0 Å². The Kier molecular flexibility index (Phi) is 4.06. The molecule has 0 aromatic rings. The van der Waals surface area contributed by atoms with Gasteiger partial charge in [-0.1, -0.05) is 35.2 Å². The molecule has 2 rings (SSSR count). The molecule has 2 aliphatic rings. The quantitative estimate of drug-likeness (QED) is 0.788. The number of rotatable bonds is 3. The number of nitrogens with one attached hydrogen (secondary N) is 1. The zero-order chi connectivity index (χ0) is 10.7. The fourth-order valence-corrected chi connectivity index (χ4v) is 3.56. The molecule has 2 nitrogen and oxygen atoms in total. The van der Waals surface area contributed by atoms with Crippen molar-refractivity contribution in [3.63, 3.8) is 0 Å². The van der Waals surface area contributed by atoms with Gasteiger partial charge in [-0.3, -0.25) is 4.79 Å². The molecular weight excluding hydrogens is 254 g/mol. The van der Waals surface area contributed by atoms with E-state index in [1.54, 1.807) is 0 Å². The zero-order valence-electron chi connectivity index (χ0n) is 9.18. The number of alkyl halides is 1. The Hall–Kier alpha value is -0.0500. The number of carbonyl (C=O) groups is 1. The van der Waals surface area contributed by atoms with Crippen LogP contribution in [0.1, 0.15) is 44.9 Å². The lowest BCUT2D eigenvalue weighted by Gasteiger charge is -2.16. The lowest BCUT2D eigenvalue weighted by Crippen LogP contribution is -2.34. The van der Waals surface area contributed by atoms with Crippen LogP contribution in [0.2, 0.25) is 0 Å². The highest BCUT2D eigenvalue weighted by atomic mass is 79.9. The molecule has 2 aliphatic carbocycles. The van der Waals surface area contributed by atoms with Crippen LogP contribution in [0, 0.1) is 11.8 Å². The van der Waals surface area contributed by atoms with E-state index in [-0.39, 0.29) is 0 Å². The van der Waals surface area contributed by atoms with E-state index in [1.165, 1.54) is 32.1 Å². The third kappa shape index (κ3) is 2.96. The number of amides is 1. The van der Waals surface area contributed by atoms with Crippen molar-refractivity contribution in [2.24, 2.45) is 11.8 Å². The summed E-state index contributed by atoms with van der Waals surface area (Å²) >= 11 is 3.69. The van der Waals surface area contributed by atoms with Crippen molar-refractivity contribution >= 4 is 21.8 Å². The minimum Gasteiger partial charge on any atom is -0.356 e. The summed E-state index contributed by atoms with van der Waals surface area (Å²) in [5, 5.41) is 3.13. The fraction of sp³-hybridized carbons (Fsp3) is 0.917. The molecule has 0 bridgehead atoms. The van der Waals surface area contributed by atoms with E-state index in [9.17, 15) is 4.79 Å². The Morgan fingerprint density at radius 3 is 2.47 bits per heavy atom. The number of halogens is 1. The molecule has 1 N–H and O–H groups in total. The van der Waals surface area contributed by atoms with Gasteiger partial charge in [0.2, 0.25) is 5.91 Å². The number of hydrogen-bond acceptors (Lipinski definition) is 1. The molecule has 2 atom stereocenters. The first kappa shape index (κ1) is 11.4. The minimum absolute atomic E-state index is 0.305. The number of hydrogen-bond donors (Lipinski definition) is 1. The smallest absolute Gasteiger partial charge is 0.223 e. The van der Waals surface area contributed by atoms with Crippen LogP contribution < -0.4 is 5.32 Å². The highest BCUT2D eigenvalue weighted by Crippen LogP contribution is 2.31. The molecular formula is C12H20BrNO. The van der Waals surface area contributed by atoms with Crippen molar-refractivity contribution in [3.8, 4) is 0 Å². The lowest BCUT2D eigenvalue weighted by atomic mass is 10.1. The largest absolute Gasteiger partial charge is 0.356 e. The van der Waals surface area contributed by atoms with Gasteiger partial charge in [0.25, 0.3) is 0 Å². The Morgan fingerprint density at radius 1 is 1.13 bits per heavy atom. The van der Waals surface area contributed by atoms with Crippen LogP contribution in [0.4, 0.5) is 0 Å². The molecule has 0 aromatic carbocycles. The third-order valence-electron chi connectivity index (χ3n) is 3.83. The molecule has 0 aromatic heterocycles. The molecule has 0 spiro atoms. The first-order chi connectivity index (χ1) is 7.27. The summed E-state index contributed by atoms with van der Waals surface area (Å²) in [6, 6.07) is 0. The lowest BCUT2D eigenvalue weighted by molar-refractivity contribution is -0.124. The third-order valence-corrected chi connectivity index (χ3v) is 5.04. The van der Waals surface area contributed by atoms with Gasteiger partial charge in [0.1, 0.15) is 0 Å². The fourth-order valence-electron chi connectivity index (χ4n) is 2.79. The van der Waals surface area contributed by atoms with Crippen molar-refractivity contribution in [1.82, 2.24) is 5.32 Å². The highest BCUT2D eigenvalue weighted by Gasteiger charge is 2.27. The summed E-state index contributed by atoms with van der Waals surface area (Å²) in [6.07, 6.45) is 8.53. The van der Waals surface area contributed by atoms with E-state index in [0.29, 0.717) is 22.6 Å². The van der Waals surface area contributed by atoms with Crippen molar-refractivity contribution < 1.29 is 4.79 Å². The Labute approximate surface area is 100 Å². The summed E-state index contributed by atoms with van der Waals surface area (Å²) in [5.41, 5.74) is 0. The molecule has 0 saturated heterocycles. The summed E-state index contributed by atoms with van der Waals surface area (Å²) in [7, 11) is 0. The SMILES string of the molecule is O=C(NCC1CCCC1Br)C1CCCC1. The van der Waals surface area contributed by atoms with Crippen LogP contribution >= 0.6 is 15.9 Å². The van der Waals surface area contributed by atoms with Crippen LogP contribution in [0.5, 0.6) is 0 Å². The van der Waals surface area contributed by atoms with Crippen LogP contribution in [-0.2, 0) is 4.79 Å². The van der Waals surface area contributed by atoms with E-state index in [2.05, 4.69) is 21.2 Å². The maximum atomic E-state index is 11.8. The van der Waals surface area contributed by atoms with Gasteiger partial charge in [-0.25, -0.2) is 0 Å². The second-order valence-electron chi connectivity index (χ2n) is 4.93. The van der Waals surface area contributed by atoms with Gasteiger partial charge >= 0.3 is 0 Å². The Morgan fingerprint density at radius 2 is 1.87 bits per heavy atom. The van der Waals surface area contributed by atoms with Crippen molar-refractivity contribution in [2.75, 3.05) is 6.54 Å².